The molecule has 1 aromatic rings. The maximum Gasteiger partial charge on any atom is 0.118 e. The summed E-state index contributed by atoms with van der Waals surface area (Å²) in [6.07, 6.45) is 2.47. The summed E-state index contributed by atoms with van der Waals surface area (Å²) in [5.41, 5.74) is 1.26. The number of hydrogen-bond donors (Lipinski definition) is 1. The van der Waals surface area contributed by atoms with E-state index in [2.05, 4.69) is 37.2 Å². The van der Waals surface area contributed by atoms with Gasteiger partial charge in [-0.3, -0.25) is 4.90 Å². The summed E-state index contributed by atoms with van der Waals surface area (Å²) < 4.78 is 5.78. The molecule has 17 heavy (non-hydrogen) atoms. The third-order valence-corrected chi connectivity index (χ3v) is 3.30. The van der Waals surface area contributed by atoms with Gasteiger partial charge in [-0.1, -0.05) is 13.3 Å². The molecule has 0 aliphatic heterocycles. The Labute approximate surface area is 105 Å². The van der Waals surface area contributed by atoms with Gasteiger partial charge >= 0.3 is 0 Å². The van der Waals surface area contributed by atoms with Gasteiger partial charge in [0.15, 0.2) is 0 Å². The van der Waals surface area contributed by atoms with Crippen molar-refractivity contribution in [2.45, 2.75) is 52.7 Å². The maximum atomic E-state index is 5.78. The summed E-state index contributed by atoms with van der Waals surface area (Å²) in [4.78, 5) is 2.35. The van der Waals surface area contributed by atoms with Crippen LogP contribution in [0, 0.1) is 6.92 Å². The van der Waals surface area contributed by atoms with E-state index < -0.39 is 0 Å². The Bertz CT molecular complexity index is 333. The minimum Gasteiger partial charge on any atom is -0.465 e. The quantitative estimate of drug-likeness (QED) is 0.791. The van der Waals surface area contributed by atoms with Crippen molar-refractivity contribution in [2.24, 2.45) is 0 Å². The van der Waals surface area contributed by atoms with E-state index in [1.54, 1.807) is 0 Å². The molecule has 0 aromatic carbocycles. The Morgan fingerprint density at radius 2 is 2.18 bits per heavy atom. The van der Waals surface area contributed by atoms with Crippen molar-refractivity contribution in [1.82, 2.24) is 10.2 Å². The molecule has 0 saturated carbocycles. The summed E-state index contributed by atoms with van der Waals surface area (Å²) >= 11 is 0. The highest BCUT2D eigenvalue weighted by Gasteiger charge is 2.12. The molecule has 0 fully saturated rings. The summed E-state index contributed by atoms with van der Waals surface area (Å²) in [5.74, 6) is 2.10. The van der Waals surface area contributed by atoms with Gasteiger partial charge in [0.1, 0.15) is 11.5 Å². The highest BCUT2D eigenvalue weighted by molar-refractivity contribution is 5.20. The van der Waals surface area contributed by atoms with Crippen LogP contribution in [0.1, 0.15) is 43.8 Å². The molecular weight excluding hydrogens is 212 g/mol. The van der Waals surface area contributed by atoms with Gasteiger partial charge in [-0.05, 0) is 40.4 Å². The molecule has 1 N–H and O–H groups in total. The van der Waals surface area contributed by atoms with Crippen LogP contribution >= 0.6 is 0 Å². The van der Waals surface area contributed by atoms with Gasteiger partial charge in [0.25, 0.3) is 0 Å². The van der Waals surface area contributed by atoms with Crippen molar-refractivity contribution in [2.75, 3.05) is 14.1 Å². The van der Waals surface area contributed by atoms with Crippen molar-refractivity contribution < 1.29 is 4.42 Å². The number of rotatable bonds is 7. The topological polar surface area (TPSA) is 28.4 Å². The molecule has 0 aliphatic rings. The molecular formula is C14H26N2O. The number of nitrogens with one attached hydrogen (secondary N) is 1. The molecule has 3 heteroatoms. The zero-order valence-electron chi connectivity index (χ0n) is 11.8. The largest absolute Gasteiger partial charge is 0.465 e. The molecule has 1 atom stereocenters. The minimum absolute atomic E-state index is 0.609. The van der Waals surface area contributed by atoms with E-state index in [0.29, 0.717) is 6.04 Å². The van der Waals surface area contributed by atoms with Gasteiger partial charge in [0.05, 0.1) is 6.54 Å². The highest BCUT2D eigenvalue weighted by atomic mass is 16.3. The van der Waals surface area contributed by atoms with Crippen LogP contribution in [-0.4, -0.2) is 25.0 Å². The lowest BCUT2D eigenvalue weighted by atomic mass is 10.1. The predicted molar refractivity (Wildman–Crippen MR) is 72.0 cm³/mol. The van der Waals surface area contributed by atoms with Crippen molar-refractivity contribution in [3.63, 3.8) is 0 Å². The zero-order valence-corrected chi connectivity index (χ0v) is 11.8. The third-order valence-electron chi connectivity index (χ3n) is 3.30. The van der Waals surface area contributed by atoms with E-state index in [1.807, 2.05) is 14.0 Å². The fourth-order valence-corrected chi connectivity index (χ4v) is 2.07. The fraction of sp³-hybridized carbons (Fsp3) is 0.714. The Balaban J connectivity index is 2.59. The summed E-state index contributed by atoms with van der Waals surface area (Å²) in [7, 11) is 4.12. The molecule has 0 spiro atoms. The fourth-order valence-electron chi connectivity index (χ4n) is 2.07. The van der Waals surface area contributed by atoms with E-state index in [1.165, 1.54) is 18.4 Å². The average Bonchev–Trinajstić information content (AvgIpc) is 2.60. The average molecular weight is 238 g/mol. The maximum absolute atomic E-state index is 5.78. The second-order valence-corrected chi connectivity index (χ2v) is 4.88. The predicted octanol–water partition coefficient (Wildman–Crippen LogP) is 2.93. The zero-order chi connectivity index (χ0) is 12.8. The third kappa shape index (κ3) is 4.17. The second kappa shape index (κ2) is 6.82. The second-order valence-electron chi connectivity index (χ2n) is 4.88. The van der Waals surface area contributed by atoms with Crippen LogP contribution in [0.2, 0.25) is 0 Å². The first-order valence-corrected chi connectivity index (χ1v) is 6.51. The molecule has 0 saturated heterocycles. The first-order valence-electron chi connectivity index (χ1n) is 6.51. The number of aryl methyl sites for hydroxylation is 1. The number of furan rings is 1. The van der Waals surface area contributed by atoms with Crippen molar-refractivity contribution in [3.05, 3.63) is 23.2 Å². The first kappa shape index (κ1) is 14.3. The van der Waals surface area contributed by atoms with Crippen LogP contribution < -0.4 is 5.32 Å². The number of nitrogens with zero attached hydrogens (tertiary/aromatic N) is 1. The van der Waals surface area contributed by atoms with Gasteiger partial charge in [0.2, 0.25) is 0 Å². The van der Waals surface area contributed by atoms with E-state index >= 15 is 0 Å². The number of hydrogen-bond acceptors (Lipinski definition) is 3. The van der Waals surface area contributed by atoms with E-state index in [9.17, 15) is 0 Å². The van der Waals surface area contributed by atoms with Crippen LogP contribution in [-0.2, 0) is 13.1 Å². The Kier molecular flexibility index (Phi) is 5.72. The van der Waals surface area contributed by atoms with Crippen LogP contribution in [0.25, 0.3) is 0 Å². The van der Waals surface area contributed by atoms with E-state index in [-0.39, 0.29) is 0 Å². The molecule has 1 rings (SSSR count). The van der Waals surface area contributed by atoms with Gasteiger partial charge in [-0.15, -0.1) is 0 Å². The summed E-state index contributed by atoms with van der Waals surface area (Å²) in [6, 6.07) is 2.78. The van der Waals surface area contributed by atoms with E-state index in [0.717, 1.165) is 24.6 Å². The van der Waals surface area contributed by atoms with Crippen molar-refractivity contribution >= 4 is 0 Å². The highest BCUT2D eigenvalue weighted by Crippen LogP contribution is 2.17. The molecule has 98 valence electrons. The molecule has 3 nitrogen and oxygen atoms in total. The Morgan fingerprint density at radius 3 is 2.76 bits per heavy atom. The minimum atomic E-state index is 0.609. The normalized spacial score (nSPS) is 13.3. The van der Waals surface area contributed by atoms with Crippen LogP contribution in [0.15, 0.2) is 10.5 Å². The van der Waals surface area contributed by atoms with Crippen LogP contribution in [0.4, 0.5) is 0 Å². The van der Waals surface area contributed by atoms with Gasteiger partial charge < -0.3 is 9.73 Å². The van der Waals surface area contributed by atoms with Gasteiger partial charge in [0, 0.05) is 18.2 Å². The lowest BCUT2D eigenvalue weighted by Gasteiger charge is -2.23. The van der Waals surface area contributed by atoms with Crippen molar-refractivity contribution in [1.29, 1.82) is 0 Å². The summed E-state index contributed by atoms with van der Waals surface area (Å²) in [5, 5.41) is 3.16. The molecule has 0 bridgehead atoms. The Morgan fingerprint density at radius 1 is 1.47 bits per heavy atom. The Hall–Kier alpha value is -0.800. The van der Waals surface area contributed by atoms with Crippen molar-refractivity contribution in [3.8, 4) is 0 Å². The van der Waals surface area contributed by atoms with Gasteiger partial charge in [-0.25, -0.2) is 0 Å². The summed E-state index contributed by atoms with van der Waals surface area (Å²) in [6.45, 7) is 8.31. The molecule has 1 heterocycles. The van der Waals surface area contributed by atoms with Gasteiger partial charge in [-0.2, -0.15) is 0 Å². The molecule has 1 unspecified atom stereocenters. The first-order chi connectivity index (χ1) is 8.08. The SMILES string of the molecule is CCCC(C)N(C)Cc1cc(CNC)c(C)o1. The lowest BCUT2D eigenvalue weighted by molar-refractivity contribution is 0.218. The lowest BCUT2D eigenvalue weighted by Crippen LogP contribution is -2.28. The molecule has 0 aliphatic carbocycles. The standard InChI is InChI=1S/C14H26N2O/c1-6-7-11(2)16(5)10-14-8-13(9-15-4)12(3)17-14/h8,11,15H,6-7,9-10H2,1-5H3. The molecule has 0 radical (unpaired) electrons. The van der Waals surface area contributed by atoms with Crippen LogP contribution in [0.3, 0.4) is 0 Å². The monoisotopic (exact) mass is 238 g/mol. The smallest absolute Gasteiger partial charge is 0.118 e. The molecule has 1 aromatic heterocycles. The van der Waals surface area contributed by atoms with Crippen LogP contribution in [0.5, 0.6) is 0 Å². The van der Waals surface area contributed by atoms with E-state index in [4.69, 9.17) is 4.42 Å². The molecule has 0 amide bonds.